The highest BCUT2D eigenvalue weighted by Crippen LogP contribution is 2.42. The van der Waals surface area contributed by atoms with Crippen molar-refractivity contribution in [3.8, 4) is 0 Å². The number of rotatable bonds is 2. The summed E-state index contributed by atoms with van der Waals surface area (Å²) in [4.78, 5) is 1.51. The quantitative estimate of drug-likeness (QED) is 0.842. The van der Waals surface area contributed by atoms with Crippen molar-refractivity contribution in [2.24, 2.45) is 0 Å². The van der Waals surface area contributed by atoms with Gasteiger partial charge in [0.1, 0.15) is 0 Å². The summed E-state index contributed by atoms with van der Waals surface area (Å²) >= 11 is 1.88. The minimum Gasteiger partial charge on any atom is -0.313 e. The summed E-state index contributed by atoms with van der Waals surface area (Å²) in [5.74, 6) is 0.607. The molecule has 0 spiro atoms. The summed E-state index contributed by atoms with van der Waals surface area (Å²) in [5.41, 5.74) is 3.00. The van der Waals surface area contributed by atoms with Gasteiger partial charge in [-0.05, 0) is 42.5 Å². The highest BCUT2D eigenvalue weighted by atomic mass is 32.1. The van der Waals surface area contributed by atoms with Crippen molar-refractivity contribution in [3.05, 3.63) is 57.8 Å². The molecule has 1 aromatic heterocycles. The molecular formula is C15H17NS. The Bertz CT molecular complexity index is 489. The third kappa shape index (κ3) is 1.92. The Labute approximate surface area is 106 Å². The maximum atomic E-state index is 3.43. The van der Waals surface area contributed by atoms with E-state index in [-0.39, 0.29) is 0 Å². The van der Waals surface area contributed by atoms with Crippen molar-refractivity contribution in [1.82, 2.24) is 5.32 Å². The second kappa shape index (κ2) is 4.63. The molecule has 1 heterocycles. The minimum absolute atomic E-state index is 0.530. The highest BCUT2D eigenvalue weighted by Gasteiger charge is 2.27. The lowest BCUT2D eigenvalue weighted by Crippen LogP contribution is -2.23. The average molecular weight is 243 g/mol. The number of thiophene rings is 1. The first-order valence-corrected chi connectivity index (χ1v) is 7.07. The topological polar surface area (TPSA) is 12.0 Å². The first kappa shape index (κ1) is 11.0. The van der Waals surface area contributed by atoms with Crippen molar-refractivity contribution in [2.75, 3.05) is 7.05 Å². The SMILES string of the molecule is CNC1CCC(c2cccs2)c2ccccc21. The molecule has 0 radical (unpaired) electrons. The Morgan fingerprint density at radius 3 is 2.59 bits per heavy atom. The summed E-state index contributed by atoms with van der Waals surface area (Å²) in [7, 11) is 2.06. The smallest absolute Gasteiger partial charge is 0.0320 e. The van der Waals surface area contributed by atoms with E-state index in [1.807, 2.05) is 11.3 Å². The summed E-state index contributed by atoms with van der Waals surface area (Å²) < 4.78 is 0. The average Bonchev–Trinajstić information content (AvgIpc) is 2.91. The molecule has 0 fully saturated rings. The molecule has 0 bridgehead atoms. The fourth-order valence-electron chi connectivity index (χ4n) is 2.87. The molecule has 1 nitrogen and oxygen atoms in total. The molecule has 1 aliphatic carbocycles. The van der Waals surface area contributed by atoms with Crippen LogP contribution in [-0.2, 0) is 0 Å². The molecule has 0 saturated heterocycles. The van der Waals surface area contributed by atoms with Crippen LogP contribution in [0, 0.1) is 0 Å². The second-order valence-corrected chi connectivity index (χ2v) is 5.59. The predicted octanol–water partition coefficient (Wildman–Crippen LogP) is 3.93. The zero-order chi connectivity index (χ0) is 11.7. The van der Waals surface area contributed by atoms with E-state index in [9.17, 15) is 0 Å². The van der Waals surface area contributed by atoms with Gasteiger partial charge in [0.25, 0.3) is 0 Å². The van der Waals surface area contributed by atoms with Crippen molar-refractivity contribution in [1.29, 1.82) is 0 Å². The molecular weight excluding hydrogens is 226 g/mol. The molecule has 1 N–H and O–H groups in total. The summed E-state index contributed by atoms with van der Waals surface area (Å²) in [5, 5.41) is 5.61. The van der Waals surface area contributed by atoms with E-state index in [1.54, 1.807) is 0 Å². The Morgan fingerprint density at radius 2 is 1.88 bits per heavy atom. The number of benzene rings is 1. The largest absolute Gasteiger partial charge is 0.313 e. The molecule has 0 aliphatic heterocycles. The standard InChI is InChI=1S/C15H17NS/c1-16-14-9-8-13(15-7-4-10-17-15)11-5-2-3-6-12(11)14/h2-7,10,13-14,16H,8-9H2,1H3. The molecule has 17 heavy (non-hydrogen) atoms. The molecule has 2 aromatic rings. The van der Waals surface area contributed by atoms with E-state index >= 15 is 0 Å². The summed E-state index contributed by atoms with van der Waals surface area (Å²) in [6, 6.07) is 13.8. The second-order valence-electron chi connectivity index (χ2n) is 4.62. The number of nitrogens with one attached hydrogen (secondary N) is 1. The van der Waals surface area contributed by atoms with E-state index in [4.69, 9.17) is 0 Å². The van der Waals surface area contributed by atoms with Gasteiger partial charge < -0.3 is 5.32 Å². The summed E-state index contributed by atoms with van der Waals surface area (Å²) in [6.45, 7) is 0. The van der Waals surface area contributed by atoms with Crippen LogP contribution in [0.2, 0.25) is 0 Å². The molecule has 2 heteroatoms. The van der Waals surface area contributed by atoms with Crippen molar-refractivity contribution >= 4 is 11.3 Å². The third-order valence-corrected chi connectivity index (χ3v) is 4.71. The van der Waals surface area contributed by atoms with Gasteiger partial charge >= 0.3 is 0 Å². The van der Waals surface area contributed by atoms with Crippen LogP contribution in [0.15, 0.2) is 41.8 Å². The monoisotopic (exact) mass is 243 g/mol. The fourth-order valence-corrected chi connectivity index (χ4v) is 3.76. The van der Waals surface area contributed by atoms with Gasteiger partial charge in [0.2, 0.25) is 0 Å². The molecule has 0 saturated carbocycles. The zero-order valence-corrected chi connectivity index (χ0v) is 10.8. The van der Waals surface area contributed by atoms with Crippen LogP contribution in [0.3, 0.4) is 0 Å². The van der Waals surface area contributed by atoms with E-state index in [0.29, 0.717) is 12.0 Å². The van der Waals surface area contributed by atoms with E-state index < -0.39 is 0 Å². The summed E-state index contributed by atoms with van der Waals surface area (Å²) in [6.07, 6.45) is 2.49. The molecule has 88 valence electrons. The van der Waals surface area contributed by atoms with Gasteiger partial charge in [-0.3, -0.25) is 0 Å². The van der Waals surface area contributed by atoms with Crippen LogP contribution in [0.5, 0.6) is 0 Å². The van der Waals surface area contributed by atoms with Gasteiger partial charge in [-0.15, -0.1) is 11.3 Å². The highest BCUT2D eigenvalue weighted by molar-refractivity contribution is 7.10. The fraction of sp³-hybridized carbons (Fsp3) is 0.333. The van der Waals surface area contributed by atoms with Crippen LogP contribution in [0.1, 0.15) is 40.8 Å². The Balaban J connectivity index is 2.05. The lowest BCUT2D eigenvalue weighted by Gasteiger charge is -2.31. The van der Waals surface area contributed by atoms with Gasteiger partial charge in [0.15, 0.2) is 0 Å². The van der Waals surface area contributed by atoms with Gasteiger partial charge in [-0.25, -0.2) is 0 Å². The number of hydrogen-bond acceptors (Lipinski definition) is 2. The molecule has 1 aromatic carbocycles. The predicted molar refractivity (Wildman–Crippen MR) is 73.6 cm³/mol. The maximum absolute atomic E-state index is 3.43. The van der Waals surface area contributed by atoms with Gasteiger partial charge in [-0.2, -0.15) is 0 Å². The van der Waals surface area contributed by atoms with Gasteiger partial charge in [-0.1, -0.05) is 30.3 Å². The van der Waals surface area contributed by atoms with Crippen LogP contribution in [0.25, 0.3) is 0 Å². The van der Waals surface area contributed by atoms with Crippen molar-refractivity contribution in [2.45, 2.75) is 24.8 Å². The van der Waals surface area contributed by atoms with Gasteiger partial charge in [0.05, 0.1) is 0 Å². The van der Waals surface area contributed by atoms with E-state index in [2.05, 4.69) is 54.1 Å². The Kier molecular flexibility index (Phi) is 3.00. The normalized spacial score (nSPS) is 23.4. The van der Waals surface area contributed by atoms with Crippen LogP contribution in [0.4, 0.5) is 0 Å². The zero-order valence-electron chi connectivity index (χ0n) is 10.0. The molecule has 0 amide bonds. The minimum atomic E-state index is 0.530. The van der Waals surface area contributed by atoms with E-state index in [1.165, 1.54) is 28.8 Å². The van der Waals surface area contributed by atoms with Crippen LogP contribution in [-0.4, -0.2) is 7.05 Å². The van der Waals surface area contributed by atoms with Crippen molar-refractivity contribution < 1.29 is 0 Å². The number of fused-ring (bicyclic) bond motifs is 1. The first-order valence-electron chi connectivity index (χ1n) is 6.19. The maximum Gasteiger partial charge on any atom is 0.0320 e. The first-order chi connectivity index (χ1) is 8.40. The lowest BCUT2D eigenvalue weighted by molar-refractivity contribution is 0.473. The molecule has 2 unspecified atom stereocenters. The van der Waals surface area contributed by atoms with E-state index in [0.717, 1.165) is 0 Å². The molecule has 3 rings (SSSR count). The van der Waals surface area contributed by atoms with Crippen molar-refractivity contribution in [3.63, 3.8) is 0 Å². The van der Waals surface area contributed by atoms with Crippen LogP contribution < -0.4 is 5.32 Å². The Morgan fingerprint density at radius 1 is 1.06 bits per heavy atom. The lowest BCUT2D eigenvalue weighted by atomic mass is 9.79. The number of hydrogen-bond donors (Lipinski definition) is 1. The van der Waals surface area contributed by atoms with Crippen LogP contribution >= 0.6 is 11.3 Å². The molecule has 1 aliphatic rings. The third-order valence-electron chi connectivity index (χ3n) is 3.73. The van der Waals surface area contributed by atoms with Gasteiger partial charge in [0, 0.05) is 16.8 Å². The Hall–Kier alpha value is -1.12. The molecule has 2 atom stereocenters.